The molecule has 2 amide bonds. The van der Waals surface area contributed by atoms with E-state index in [1.807, 2.05) is 0 Å². The average Bonchev–Trinajstić information content (AvgIpc) is 2.63. The topological polar surface area (TPSA) is 95.5 Å². The molecule has 0 aliphatic heterocycles. The van der Waals surface area contributed by atoms with Gasteiger partial charge in [-0.2, -0.15) is 0 Å². The molecule has 136 valence electrons. The molecular formula is C20H22N2O4. The second-order valence-electron chi connectivity index (χ2n) is 5.92. The first-order chi connectivity index (χ1) is 12.5. The Kier molecular flexibility index (Phi) is 6.91. The van der Waals surface area contributed by atoms with Crippen LogP contribution < -0.4 is 10.6 Å². The second-order valence-corrected chi connectivity index (χ2v) is 5.92. The molecule has 0 unspecified atom stereocenters. The number of unbranched alkanes of at least 4 members (excludes halogenated alkanes) is 2. The number of amides is 2. The van der Waals surface area contributed by atoms with Crippen LogP contribution in [0.25, 0.3) is 0 Å². The summed E-state index contributed by atoms with van der Waals surface area (Å²) in [5.74, 6) is -1.36. The van der Waals surface area contributed by atoms with Crippen molar-refractivity contribution < 1.29 is 19.5 Å². The van der Waals surface area contributed by atoms with Crippen molar-refractivity contribution in [3.8, 4) is 0 Å². The molecule has 0 aromatic heterocycles. The zero-order valence-corrected chi connectivity index (χ0v) is 14.6. The summed E-state index contributed by atoms with van der Waals surface area (Å²) in [6, 6.07) is 12.5. The molecule has 2 aromatic rings. The second kappa shape index (κ2) is 9.36. The summed E-state index contributed by atoms with van der Waals surface area (Å²) in [6.07, 6.45) is 3.45. The molecule has 0 aliphatic carbocycles. The summed E-state index contributed by atoms with van der Waals surface area (Å²) >= 11 is 0. The van der Waals surface area contributed by atoms with E-state index in [0.717, 1.165) is 19.3 Å². The van der Waals surface area contributed by atoms with Gasteiger partial charge in [0.2, 0.25) is 5.91 Å². The summed E-state index contributed by atoms with van der Waals surface area (Å²) in [5.41, 5.74) is 1.75. The number of carboxylic acids is 1. The van der Waals surface area contributed by atoms with Gasteiger partial charge in [-0.3, -0.25) is 9.59 Å². The molecule has 0 radical (unpaired) electrons. The van der Waals surface area contributed by atoms with Gasteiger partial charge in [0.05, 0.1) is 5.56 Å². The van der Waals surface area contributed by atoms with Gasteiger partial charge in [-0.25, -0.2) is 4.79 Å². The molecule has 0 fully saturated rings. The lowest BCUT2D eigenvalue weighted by Gasteiger charge is -2.08. The van der Waals surface area contributed by atoms with E-state index >= 15 is 0 Å². The fourth-order valence-corrected chi connectivity index (χ4v) is 2.36. The first-order valence-corrected chi connectivity index (χ1v) is 8.54. The number of carbonyl (C=O) groups is 3. The highest BCUT2D eigenvalue weighted by Gasteiger charge is 2.08. The predicted octanol–water partition coefficient (Wildman–Crippen LogP) is 4.16. The van der Waals surface area contributed by atoms with Crippen LogP contribution in [0.3, 0.4) is 0 Å². The Morgan fingerprint density at radius 3 is 1.88 bits per heavy atom. The van der Waals surface area contributed by atoms with Crippen molar-refractivity contribution in [1.82, 2.24) is 0 Å². The van der Waals surface area contributed by atoms with Crippen LogP contribution in [-0.4, -0.2) is 22.9 Å². The van der Waals surface area contributed by atoms with Crippen LogP contribution in [0.15, 0.2) is 48.5 Å². The number of rotatable bonds is 8. The maximum Gasteiger partial charge on any atom is 0.335 e. The molecule has 0 saturated heterocycles. The molecule has 26 heavy (non-hydrogen) atoms. The van der Waals surface area contributed by atoms with E-state index in [2.05, 4.69) is 17.6 Å². The number of carboxylic acid groups (broad SMARTS) is 1. The zero-order valence-electron chi connectivity index (χ0n) is 14.6. The van der Waals surface area contributed by atoms with E-state index in [1.54, 1.807) is 24.3 Å². The van der Waals surface area contributed by atoms with Crippen molar-refractivity contribution in [3.63, 3.8) is 0 Å². The SMILES string of the molecule is CCCCCC(=O)Nc1ccc(C(=O)Nc2ccc(C(=O)O)cc2)cc1. The Balaban J connectivity index is 1.91. The lowest BCUT2D eigenvalue weighted by atomic mass is 10.1. The Morgan fingerprint density at radius 2 is 1.35 bits per heavy atom. The van der Waals surface area contributed by atoms with Crippen molar-refractivity contribution in [2.75, 3.05) is 10.6 Å². The Hall–Kier alpha value is -3.15. The van der Waals surface area contributed by atoms with Crippen LogP contribution >= 0.6 is 0 Å². The van der Waals surface area contributed by atoms with Gasteiger partial charge in [0, 0.05) is 23.4 Å². The van der Waals surface area contributed by atoms with E-state index in [9.17, 15) is 14.4 Å². The minimum atomic E-state index is -1.02. The molecule has 0 aliphatic rings. The van der Waals surface area contributed by atoms with Crippen LogP contribution in [-0.2, 0) is 4.79 Å². The van der Waals surface area contributed by atoms with Gasteiger partial charge in [0.25, 0.3) is 5.91 Å². The summed E-state index contributed by atoms with van der Waals surface area (Å²) in [4.78, 5) is 34.8. The van der Waals surface area contributed by atoms with E-state index in [-0.39, 0.29) is 17.4 Å². The number of hydrogen-bond donors (Lipinski definition) is 3. The lowest BCUT2D eigenvalue weighted by Crippen LogP contribution is -2.13. The van der Waals surface area contributed by atoms with Crippen LogP contribution in [0.5, 0.6) is 0 Å². The molecule has 2 rings (SSSR count). The monoisotopic (exact) mass is 354 g/mol. The van der Waals surface area contributed by atoms with E-state index in [4.69, 9.17) is 5.11 Å². The highest BCUT2D eigenvalue weighted by atomic mass is 16.4. The number of nitrogens with one attached hydrogen (secondary N) is 2. The highest BCUT2D eigenvalue weighted by Crippen LogP contribution is 2.14. The van der Waals surface area contributed by atoms with Gasteiger partial charge in [-0.05, 0) is 55.0 Å². The Morgan fingerprint density at radius 1 is 0.808 bits per heavy atom. The maximum atomic E-state index is 12.2. The van der Waals surface area contributed by atoms with Gasteiger partial charge in [-0.15, -0.1) is 0 Å². The molecule has 3 N–H and O–H groups in total. The van der Waals surface area contributed by atoms with Gasteiger partial charge in [0.1, 0.15) is 0 Å². The fraction of sp³-hybridized carbons (Fsp3) is 0.250. The summed E-state index contributed by atoms with van der Waals surface area (Å²) < 4.78 is 0. The van der Waals surface area contributed by atoms with Crippen LogP contribution in [0, 0.1) is 0 Å². The van der Waals surface area contributed by atoms with Crippen molar-refractivity contribution >= 4 is 29.2 Å². The molecule has 0 spiro atoms. The van der Waals surface area contributed by atoms with Crippen LogP contribution in [0.4, 0.5) is 11.4 Å². The van der Waals surface area contributed by atoms with Gasteiger partial charge in [0.15, 0.2) is 0 Å². The van der Waals surface area contributed by atoms with E-state index in [1.165, 1.54) is 24.3 Å². The quantitative estimate of drug-likeness (QED) is 0.620. The molecule has 2 aromatic carbocycles. The molecule has 0 saturated carbocycles. The third-order valence-corrected chi connectivity index (χ3v) is 3.83. The number of carbonyl (C=O) groups excluding carboxylic acids is 2. The van der Waals surface area contributed by atoms with Crippen molar-refractivity contribution in [1.29, 1.82) is 0 Å². The van der Waals surface area contributed by atoms with Gasteiger partial charge < -0.3 is 15.7 Å². The van der Waals surface area contributed by atoms with Crippen molar-refractivity contribution in [2.24, 2.45) is 0 Å². The smallest absolute Gasteiger partial charge is 0.335 e. The van der Waals surface area contributed by atoms with Crippen molar-refractivity contribution in [2.45, 2.75) is 32.6 Å². The standard InChI is InChI=1S/C20H22N2O4/c1-2-3-4-5-18(23)21-16-10-6-14(7-11-16)19(24)22-17-12-8-15(9-13-17)20(25)26/h6-13H,2-5H2,1H3,(H,21,23)(H,22,24)(H,25,26). The minimum Gasteiger partial charge on any atom is -0.478 e. The first-order valence-electron chi connectivity index (χ1n) is 8.54. The highest BCUT2D eigenvalue weighted by molar-refractivity contribution is 6.04. The zero-order chi connectivity index (χ0) is 18.9. The Bertz CT molecular complexity index is 767. The predicted molar refractivity (Wildman–Crippen MR) is 101 cm³/mol. The maximum absolute atomic E-state index is 12.2. The van der Waals surface area contributed by atoms with Gasteiger partial charge >= 0.3 is 5.97 Å². The number of aromatic carboxylic acids is 1. The number of anilines is 2. The minimum absolute atomic E-state index is 0.0332. The summed E-state index contributed by atoms with van der Waals surface area (Å²) in [6.45, 7) is 2.09. The lowest BCUT2D eigenvalue weighted by molar-refractivity contribution is -0.116. The van der Waals surface area contributed by atoms with Crippen LogP contribution in [0.1, 0.15) is 53.3 Å². The first kappa shape index (κ1) is 19.2. The van der Waals surface area contributed by atoms with E-state index in [0.29, 0.717) is 23.4 Å². The van der Waals surface area contributed by atoms with Crippen molar-refractivity contribution in [3.05, 3.63) is 59.7 Å². The molecule has 6 nitrogen and oxygen atoms in total. The third-order valence-electron chi connectivity index (χ3n) is 3.83. The molecule has 0 atom stereocenters. The molecular weight excluding hydrogens is 332 g/mol. The normalized spacial score (nSPS) is 10.2. The van der Waals surface area contributed by atoms with Crippen LogP contribution in [0.2, 0.25) is 0 Å². The number of hydrogen-bond acceptors (Lipinski definition) is 3. The molecule has 0 bridgehead atoms. The van der Waals surface area contributed by atoms with Gasteiger partial charge in [-0.1, -0.05) is 19.8 Å². The average molecular weight is 354 g/mol. The third kappa shape index (κ3) is 5.73. The Labute approximate surface area is 152 Å². The fourth-order valence-electron chi connectivity index (χ4n) is 2.36. The van der Waals surface area contributed by atoms with E-state index < -0.39 is 5.97 Å². The molecule has 6 heteroatoms. The summed E-state index contributed by atoms with van der Waals surface area (Å²) in [5, 5.41) is 14.4. The largest absolute Gasteiger partial charge is 0.478 e. The molecule has 0 heterocycles. The number of benzene rings is 2. The summed E-state index contributed by atoms with van der Waals surface area (Å²) in [7, 11) is 0.